The third kappa shape index (κ3) is 8.02. The van der Waals surface area contributed by atoms with E-state index < -0.39 is 50.5 Å². The summed E-state index contributed by atoms with van der Waals surface area (Å²) in [6.45, 7) is 0.562. The highest BCUT2D eigenvalue weighted by Gasteiger charge is 2.54. The van der Waals surface area contributed by atoms with Crippen LogP contribution in [0.1, 0.15) is 34.8 Å². The zero-order valence-electron chi connectivity index (χ0n) is 24.6. The molecule has 0 saturated carbocycles. The molecule has 0 aliphatic carbocycles. The Bertz CT molecular complexity index is 1620. The fourth-order valence-corrected chi connectivity index (χ4v) is 6.27. The van der Waals surface area contributed by atoms with Crippen molar-refractivity contribution in [1.82, 2.24) is 4.90 Å². The van der Waals surface area contributed by atoms with Crippen molar-refractivity contribution in [3.05, 3.63) is 116 Å². The van der Waals surface area contributed by atoms with Crippen molar-refractivity contribution in [2.75, 3.05) is 13.2 Å². The number of benzene rings is 3. The Hall–Kier alpha value is -5.35. The average Bonchev–Trinajstić information content (AvgIpc) is 3.36. The molecule has 1 saturated heterocycles. The summed E-state index contributed by atoms with van der Waals surface area (Å²) in [7, 11) is 0. The number of primary amides is 1. The molecule has 1 heterocycles. The van der Waals surface area contributed by atoms with Crippen molar-refractivity contribution in [3.63, 3.8) is 0 Å². The maximum absolute atomic E-state index is 13.8. The highest BCUT2D eigenvalue weighted by Crippen LogP contribution is 2.37. The number of quaternary nitrogens is 1. The van der Waals surface area contributed by atoms with Gasteiger partial charge in [0.2, 0.25) is 5.12 Å². The number of nitro groups is 2. The number of urea groups is 1. The number of rotatable bonds is 10. The molecular formula is C30H30N5O10S+. The van der Waals surface area contributed by atoms with Crippen LogP contribution in [0.15, 0.2) is 78.9 Å². The number of likely N-dealkylation sites (tertiary alicyclic amines) is 1. The Kier molecular flexibility index (Phi) is 10.7. The Labute approximate surface area is 266 Å². The highest BCUT2D eigenvalue weighted by molar-refractivity contribution is 8.14. The van der Waals surface area contributed by atoms with Gasteiger partial charge in [-0.05, 0) is 42.3 Å². The molecule has 4 amide bonds. The lowest BCUT2D eigenvalue weighted by molar-refractivity contribution is -0.875. The standard InChI is InChI=1S/C30H29N5O10S/c1-20-15-26(46-27(36)23-5-3-2-4-6-23)16-35(20,30(39)45-18-22-9-13-25(14-10-22)34(42)43)19-32(28(31)37)29(38)44-17-21-7-11-24(12-8-21)33(40)41/h2-14,20,26H,15-19H2,1H3,(H-,31,37)/p+1/t20-,26-,35?/m0/s1. The van der Waals surface area contributed by atoms with Gasteiger partial charge in [0.15, 0.2) is 6.67 Å². The van der Waals surface area contributed by atoms with Crippen molar-refractivity contribution in [3.8, 4) is 0 Å². The van der Waals surface area contributed by atoms with Gasteiger partial charge in [0, 0.05) is 36.2 Å². The zero-order valence-corrected chi connectivity index (χ0v) is 25.4. The zero-order chi connectivity index (χ0) is 33.4. The second kappa shape index (κ2) is 14.6. The van der Waals surface area contributed by atoms with Gasteiger partial charge in [-0.25, -0.2) is 14.1 Å². The first-order valence-corrected chi connectivity index (χ1v) is 14.8. The van der Waals surface area contributed by atoms with Crippen LogP contribution in [-0.4, -0.2) is 67.1 Å². The van der Waals surface area contributed by atoms with Crippen LogP contribution in [0, 0.1) is 20.2 Å². The molecule has 0 spiro atoms. The third-order valence-electron chi connectivity index (χ3n) is 7.52. The number of ether oxygens (including phenoxy) is 2. The number of non-ortho nitro benzene ring substituents is 2. The Morgan fingerprint density at radius 1 is 0.870 bits per heavy atom. The second-order valence-corrected chi connectivity index (χ2v) is 11.8. The molecule has 1 aliphatic rings. The number of imide groups is 1. The van der Waals surface area contributed by atoms with E-state index in [1.807, 2.05) is 0 Å². The van der Waals surface area contributed by atoms with E-state index in [0.29, 0.717) is 28.0 Å². The van der Waals surface area contributed by atoms with Crippen LogP contribution in [0.2, 0.25) is 0 Å². The quantitative estimate of drug-likeness (QED) is 0.168. The van der Waals surface area contributed by atoms with Gasteiger partial charge in [-0.15, -0.1) is 0 Å². The summed E-state index contributed by atoms with van der Waals surface area (Å²) >= 11 is 1.03. The van der Waals surface area contributed by atoms with Crippen LogP contribution in [0.4, 0.5) is 25.8 Å². The topological polar surface area (TPSA) is 202 Å². The minimum atomic E-state index is -1.20. The van der Waals surface area contributed by atoms with Crippen molar-refractivity contribution in [2.45, 2.75) is 37.9 Å². The molecule has 240 valence electrons. The van der Waals surface area contributed by atoms with Crippen LogP contribution < -0.4 is 5.73 Å². The van der Waals surface area contributed by atoms with E-state index in [1.165, 1.54) is 48.5 Å². The van der Waals surface area contributed by atoms with Gasteiger partial charge in [-0.3, -0.25) is 25.0 Å². The van der Waals surface area contributed by atoms with E-state index in [1.54, 1.807) is 37.3 Å². The van der Waals surface area contributed by atoms with Gasteiger partial charge in [0.1, 0.15) is 19.8 Å². The number of carbonyl (C=O) groups is 4. The van der Waals surface area contributed by atoms with Crippen molar-refractivity contribution >= 4 is 46.5 Å². The molecule has 1 aliphatic heterocycles. The summed E-state index contributed by atoms with van der Waals surface area (Å²) in [5, 5.41) is 21.3. The van der Waals surface area contributed by atoms with Crippen LogP contribution in [-0.2, 0) is 22.7 Å². The SMILES string of the molecule is C[C@H]1C[C@H](SC(=O)c2ccccc2)C[N+]1(CN(C(N)=O)C(=O)OCc1ccc([N+](=O)[O-])cc1)C(=O)OCc1ccc([N+](=O)[O-])cc1. The fraction of sp³-hybridized carbons (Fsp3) is 0.267. The Balaban J connectivity index is 1.54. The minimum absolute atomic E-state index is 0.00289. The number of nitrogens with zero attached hydrogens (tertiary/aromatic N) is 4. The predicted octanol–water partition coefficient (Wildman–Crippen LogP) is 5.37. The molecule has 1 fully saturated rings. The van der Waals surface area contributed by atoms with Crippen LogP contribution >= 0.6 is 11.8 Å². The van der Waals surface area contributed by atoms with Gasteiger partial charge >= 0.3 is 18.2 Å². The normalized spacial score (nSPS) is 18.7. The van der Waals surface area contributed by atoms with E-state index in [-0.39, 0.29) is 36.2 Å². The first-order chi connectivity index (χ1) is 21.9. The maximum atomic E-state index is 13.8. The fourth-order valence-electron chi connectivity index (χ4n) is 4.98. The van der Waals surface area contributed by atoms with Crippen molar-refractivity contribution < 1.29 is 43.0 Å². The van der Waals surface area contributed by atoms with E-state index >= 15 is 0 Å². The van der Waals surface area contributed by atoms with Crippen LogP contribution in [0.3, 0.4) is 0 Å². The number of nitrogens with two attached hydrogens (primary N) is 1. The highest BCUT2D eigenvalue weighted by atomic mass is 32.2. The second-order valence-electron chi connectivity index (χ2n) is 10.6. The Morgan fingerprint density at radius 3 is 1.89 bits per heavy atom. The number of hydrogen-bond donors (Lipinski definition) is 1. The number of thioether (sulfide) groups is 1. The van der Waals surface area contributed by atoms with Gasteiger partial charge in [-0.1, -0.05) is 42.1 Å². The van der Waals surface area contributed by atoms with Gasteiger partial charge in [0.05, 0.1) is 21.1 Å². The summed E-state index contributed by atoms with van der Waals surface area (Å²) in [6, 6.07) is 17.5. The van der Waals surface area contributed by atoms with Gasteiger partial charge in [-0.2, -0.15) is 9.69 Å². The van der Waals surface area contributed by atoms with Crippen molar-refractivity contribution in [2.24, 2.45) is 5.73 Å². The van der Waals surface area contributed by atoms with Crippen LogP contribution in [0.25, 0.3) is 0 Å². The molecule has 16 heteroatoms. The molecule has 3 atom stereocenters. The molecular weight excluding hydrogens is 622 g/mol. The molecule has 4 rings (SSSR count). The molecule has 3 aromatic rings. The summed E-state index contributed by atoms with van der Waals surface area (Å²) in [6.07, 6.45) is -1.62. The van der Waals surface area contributed by atoms with E-state index in [2.05, 4.69) is 0 Å². The van der Waals surface area contributed by atoms with E-state index in [9.17, 15) is 39.4 Å². The van der Waals surface area contributed by atoms with Crippen LogP contribution in [0.5, 0.6) is 0 Å². The maximum Gasteiger partial charge on any atom is 0.518 e. The number of hydrogen-bond acceptors (Lipinski definition) is 11. The summed E-state index contributed by atoms with van der Waals surface area (Å²) < 4.78 is 10.3. The van der Waals surface area contributed by atoms with E-state index in [0.717, 1.165) is 11.8 Å². The average molecular weight is 653 g/mol. The molecule has 3 aromatic carbocycles. The lowest BCUT2D eigenvalue weighted by atomic mass is 10.2. The van der Waals surface area contributed by atoms with Gasteiger partial charge in [0.25, 0.3) is 11.4 Å². The largest absolute Gasteiger partial charge is 0.518 e. The molecule has 0 bridgehead atoms. The molecule has 1 unspecified atom stereocenters. The smallest absolute Gasteiger partial charge is 0.444 e. The summed E-state index contributed by atoms with van der Waals surface area (Å²) in [5.74, 6) is 0. The lowest BCUT2D eigenvalue weighted by Crippen LogP contribution is -2.62. The molecule has 46 heavy (non-hydrogen) atoms. The number of carbonyl (C=O) groups excluding carboxylic acids is 4. The lowest BCUT2D eigenvalue weighted by Gasteiger charge is -2.36. The first kappa shape index (κ1) is 33.5. The van der Waals surface area contributed by atoms with E-state index in [4.69, 9.17) is 15.2 Å². The number of amides is 4. The van der Waals surface area contributed by atoms with Crippen molar-refractivity contribution in [1.29, 1.82) is 0 Å². The third-order valence-corrected chi connectivity index (χ3v) is 8.65. The molecule has 2 N–H and O–H groups in total. The summed E-state index contributed by atoms with van der Waals surface area (Å²) in [5.41, 5.74) is 6.61. The predicted molar refractivity (Wildman–Crippen MR) is 164 cm³/mol. The number of nitro benzene ring substituents is 2. The Morgan fingerprint density at radius 2 is 1.39 bits per heavy atom. The monoisotopic (exact) mass is 652 g/mol. The molecule has 0 aromatic heterocycles. The molecule has 0 radical (unpaired) electrons. The summed E-state index contributed by atoms with van der Waals surface area (Å²) in [4.78, 5) is 73.8. The van der Waals surface area contributed by atoms with Gasteiger partial charge < -0.3 is 15.2 Å². The first-order valence-electron chi connectivity index (χ1n) is 13.9. The minimum Gasteiger partial charge on any atom is -0.444 e. The molecule has 15 nitrogen and oxygen atoms in total.